The van der Waals surface area contributed by atoms with Gasteiger partial charge in [-0.15, -0.1) is 0 Å². The number of pyridine rings is 1. The van der Waals surface area contributed by atoms with Crippen molar-refractivity contribution in [2.24, 2.45) is 11.8 Å². The van der Waals surface area contributed by atoms with Gasteiger partial charge in [0, 0.05) is 76.4 Å². The van der Waals surface area contributed by atoms with Gasteiger partial charge in [-0.05, 0) is 80.0 Å². The van der Waals surface area contributed by atoms with Crippen molar-refractivity contribution in [2.45, 2.75) is 81.8 Å². The van der Waals surface area contributed by atoms with Crippen LogP contribution < -0.4 is 20.4 Å². The Kier molecular flexibility index (Phi) is 10.9. The van der Waals surface area contributed by atoms with Gasteiger partial charge in [0.25, 0.3) is 12.3 Å². The molecular weight excluding hydrogens is 767 g/mol. The third-order valence-electron chi connectivity index (χ3n) is 12.4. The molecular formula is C41H48F2N10O4S. The highest BCUT2D eigenvalue weighted by Crippen LogP contribution is 2.44. The summed E-state index contributed by atoms with van der Waals surface area (Å²) >= 11 is 4.92. The topological polar surface area (TPSA) is 145 Å². The molecule has 4 aromatic rings. The number of hydrogen-bond acceptors (Lipinski definition) is 12. The van der Waals surface area contributed by atoms with Crippen LogP contribution in [0.4, 0.5) is 31.7 Å². The summed E-state index contributed by atoms with van der Waals surface area (Å²) in [6, 6.07) is 9.18. The van der Waals surface area contributed by atoms with Crippen molar-refractivity contribution < 1.29 is 27.6 Å². The molecule has 1 saturated carbocycles. The number of rotatable bonds is 12. The van der Waals surface area contributed by atoms with E-state index in [1.165, 1.54) is 22.4 Å². The summed E-state index contributed by atoms with van der Waals surface area (Å²) in [4.78, 5) is 55.1. The first kappa shape index (κ1) is 38.6. The highest BCUT2D eigenvalue weighted by atomic mass is 32.1. The molecule has 4 fully saturated rings. The maximum absolute atomic E-state index is 14.7. The summed E-state index contributed by atoms with van der Waals surface area (Å²) in [6.45, 7) is 5.84. The molecule has 17 heteroatoms. The minimum atomic E-state index is -2.91. The van der Waals surface area contributed by atoms with Crippen LogP contribution in [0.5, 0.6) is 0 Å². The summed E-state index contributed by atoms with van der Waals surface area (Å²) in [5.41, 5.74) is 3.44. The molecule has 0 spiro atoms. The van der Waals surface area contributed by atoms with E-state index < -0.39 is 18.0 Å². The quantitative estimate of drug-likeness (QED) is 0.113. The number of benzene rings is 1. The molecule has 0 radical (unpaired) electrons. The van der Waals surface area contributed by atoms with Crippen molar-refractivity contribution in [1.29, 1.82) is 0 Å². The number of carbonyl (C=O) groups excluding carboxylic acids is 3. The second kappa shape index (κ2) is 16.4. The zero-order chi connectivity index (χ0) is 39.9. The maximum atomic E-state index is 14.7. The van der Waals surface area contributed by atoms with E-state index in [1.807, 2.05) is 0 Å². The number of oxazole rings is 1. The number of anilines is 4. The number of likely N-dealkylation sites (tertiary alicyclic amines) is 1. The number of imide groups is 1. The van der Waals surface area contributed by atoms with E-state index in [0.717, 1.165) is 89.8 Å². The predicted molar refractivity (Wildman–Crippen MR) is 215 cm³/mol. The standard InChI is InChI=1S/C41H48F2N10O4S/c42-38(43)37-34(53(40(56)31-23-57-24-46-31)28-8-13-44-35(18-28)45-19-25-4-5-25)22-52(48-37)27-11-14-49(15-12-27)20-26-9-16-50(17-10-26)32-3-1-2-29-30(32)21-51(41(29)58)33-6-7-36(54)47-39(33)55/h1-3,8,13,18,22-27,33,38,41,58H,4-7,9-12,14-17,19-21H2,(H,44,45)(H,47,54,55). The Balaban J connectivity index is 0.832. The molecule has 1 aromatic carbocycles. The van der Waals surface area contributed by atoms with Gasteiger partial charge in [0.2, 0.25) is 11.8 Å². The average Bonchev–Trinajstić information content (AvgIpc) is 3.54. The summed E-state index contributed by atoms with van der Waals surface area (Å²) in [5.74, 6) is 0.615. The summed E-state index contributed by atoms with van der Waals surface area (Å²) in [7, 11) is 0. The molecule has 306 valence electrons. The van der Waals surface area contributed by atoms with Crippen LogP contribution in [0.25, 0.3) is 0 Å². The highest BCUT2D eigenvalue weighted by Gasteiger charge is 2.41. The first-order valence-corrected chi connectivity index (χ1v) is 20.9. The van der Waals surface area contributed by atoms with Crippen LogP contribution in [0.3, 0.4) is 0 Å². The lowest BCUT2D eigenvalue weighted by Crippen LogP contribution is -2.51. The number of piperidine rings is 3. The van der Waals surface area contributed by atoms with Gasteiger partial charge in [-0.1, -0.05) is 12.1 Å². The van der Waals surface area contributed by atoms with Crippen molar-refractivity contribution >= 4 is 53.2 Å². The molecule has 7 heterocycles. The number of fused-ring (bicyclic) bond motifs is 1. The number of nitrogens with one attached hydrogen (secondary N) is 2. The molecule has 3 aromatic heterocycles. The Bertz CT molecular complexity index is 2130. The number of carbonyl (C=O) groups is 3. The third kappa shape index (κ3) is 7.95. The van der Waals surface area contributed by atoms with Crippen LogP contribution in [-0.4, -0.2) is 92.6 Å². The van der Waals surface area contributed by atoms with Crippen molar-refractivity contribution in [3.05, 3.63) is 77.9 Å². The molecule has 14 nitrogen and oxygen atoms in total. The molecule has 1 aliphatic carbocycles. The normalized spacial score (nSPS) is 22.4. The summed E-state index contributed by atoms with van der Waals surface area (Å²) < 4.78 is 36.2. The van der Waals surface area contributed by atoms with Gasteiger partial charge in [-0.25, -0.2) is 18.7 Å². The summed E-state index contributed by atoms with van der Waals surface area (Å²) in [5, 5.41) is 10.0. The van der Waals surface area contributed by atoms with Crippen LogP contribution in [0.15, 0.2) is 59.8 Å². The van der Waals surface area contributed by atoms with Crippen LogP contribution >= 0.6 is 12.6 Å². The van der Waals surface area contributed by atoms with Gasteiger partial charge in [0.15, 0.2) is 17.8 Å². The van der Waals surface area contributed by atoms with Crippen molar-refractivity contribution in [3.63, 3.8) is 0 Å². The molecule has 2 atom stereocenters. The molecule has 0 bridgehead atoms. The highest BCUT2D eigenvalue weighted by molar-refractivity contribution is 7.80. The predicted octanol–water partition coefficient (Wildman–Crippen LogP) is 6.11. The zero-order valence-electron chi connectivity index (χ0n) is 32.2. The second-order valence-electron chi connectivity index (χ2n) is 16.2. The van der Waals surface area contributed by atoms with E-state index >= 15 is 0 Å². The molecule has 3 saturated heterocycles. The Morgan fingerprint density at radius 2 is 1.83 bits per heavy atom. The molecule has 9 rings (SSSR count). The number of hydrogen-bond donors (Lipinski definition) is 3. The minimum absolute atomic E-state index is 0.00758. The molecule has 2 unspecified atom stereocenters. The first-order chi connectivity index (χ1) is 28.2. The lowest BCUT2D eigenvalue weighted by Gasteiger charge is -2.39. The first-order valence-electron chi connectivity index (χ1n) is 20.4. The number of aromatic nitrogens is 4. The zero-order valence-corrected chi connectivity index (χ0v) is 33.1. The molecule has 3 amide bonds. The Morgan fingerprint density at radius 1 is 1.02 bits per heavy atom. The number of thiol groups is 1. The fourth-order valence-electron chi connectivity index (χ4n) is 9.05. The van der Waals surface area contributed by atoms with Crippen molar-refractivity contribution in [3.8, 4) is 0 Å². The fourth-order valence-corrected chi connectivity index (χ4v) is 9.54. The Morgan fingerprint density at radius 3 is 2.55 bits per heavy atom. The average molecular weight is 815 g/mol. The van der Waals surface area contributed by atoms with Crippen molar-refractivity contribution in [2.75, 3.05) is 54.4 Å². The summed E-state index contributed by atoms with van der Waals surface area (Å²) in [6.07, 6.45) is 9.31. The third-order valence-corrected chi connectivity index (χ3v) is 13.0. The van der Waals surface area contributed by atoms with Crippen LogP contribution in [0.1, 0.15) is 96.5 Å². The monoisotopic (exact) mass is 814 g/mol. The minimum Gasteiger partial charge on any atom is -0.451 e. The van der Waals surface area contributed by atoms with E-state index in [-0.39, 0.29) is 40.7 Å². The van der Waals surface area contributed by atoms with Crippen LogP contribution in [0, 0.1) is 11.8 Å². The Hall–Kier alpha value is -4.87. The second-order valence-corrected chi connectivity index (χ2v) is 16.7. The van der Waals surface area contributed by atoms with Crippen LogP contribution in [0.2, 0.25) is 0 Å². The molecule has 5 aliphatic rings. The lowest BCUT2D eigenvalue weighted by molar-refractivity contribution is -0.137. The maximum Gasteiger partial charge on any atom is 0.284 e. The van der Waals surface area contributed by atoms with Gasteiger partial charge >= 0.3 is 0 Å². The van der Waals surface area contributed by atoms with Gasteiger partial charge in [-0.2, -0.15) is 17.7 Å². The van der Waals surface area contributed by atoms with E-state index in [0.29, 0.717) is 42.7 Å². The SMILES string of the molecule is O=C1CCC(N2Cc3c(cccc3N3CCC(CN4CCC(n5cc(N(C(=O)c6cocn6)c6ccnc(NCC7CC7)c6)c(C(F)F)n5)CC4)CC3)C2S)C(=O)N1. The van der Waals surface area contributed by atoms with E-state index in [1.54, 1.807) is 29.2 Å². The smallest absolute Gasteiger partial charge is 0.284 e. The largest absolute Gasteiger partial charge is 0.451 e. The Labute approximate surface area is 340 Å². The van der Waals surface area contributed by atoms with Crippen LogP contribution in [-0.2, 0) is 16.1 Å². The molecule has 58 heavy (non-hydrogen) atoms. The van der Waals surface area contributed by atoms with E-state index in [2.05, 4.69) is 58.6 Å². The van der Waals surface area contributed by atoms with Gasteiger partial charge in [0.05, 0.1) is 28.8 Å². The van der Waals surface area contributed by atoms with E-state index in [9.17, 15) is 23.2 Å². The van der Waals surface area contributed by atoms with Gasteiger partial charge < -0.3 is 19.5 Å². The van der Waals surface area contributed by atoms with E-state index in [4.69, 9.17) is 17.0 Å². The lowest BCUT2D eigenvalue weighted by atomic mass is 9.93. The van der Waals surface area contributed by atoms with Crippen molar-refractivity contribution in [1.82, 2.24) is 34.9 Å². The number of halogens is 2. The van der Waals surface area contributed by atoms with Gasteiger partial charge in [0.1, 0.15) is 12.1 Å². The molecule has 4 aliphatic heterocycles. The number of alkyl halides is 2. The molecule has 2 N–H and O–H groups in total. The number of nitrogens with zero attached hydrogens (tertiary/aromatic N) is 8. The fraction of sp³-hybridized carbons (Fsp3) is 0.512. The number of amides is 3. The van der Waals surface area contributed by atoms with Gasteiger partial charge in [-0.3, -0.25) is 34.2 Å².